The molecule has 0 aliphatic rings. The van der Waals surface area contributed by atoms with Crippen molar-refractivity contribution in [2.45, 2.75) is 6.10 Å². The van der Waals surface area contributed by atoms with Crippen molar-refractivity contribution in [2.24, 2.45) is 0 Å². The van der Waals surface area contributed by atoms with Gasteiger partial charge in [0.05, 0.1) is 11.6 Å². The molecule has 0 heterocycles. The van der Waals surface area contributed by atoms with Gasteiger partial charge in [0, 0.05) is 16.1 Å². The van der Waals surface area contributed by atoms with Crippen molar-refractivity contribution in [1.82, 2.24) is 0 Å². The summed E-state index contributed by atoms with van der Waals surface area (Å²) in [7, 11) is 1.40. The molecule has 0 saturated heterocycles. The standard InChI is InChI=1S/C14H10BrClF2O2/c1-20-13-4-7(16)2-3-8(13)14(19)9-5-12(18)10(15)6-11(9)17/h2-6,14,19H,1H3. The van der Waals surface area contributed by atoms with Crippen LogP contribution in [0.5, 0.6) is 5.75 Å². The maximum atomic E-state index is 13.9. The maximum absolute atomic E-state index is 13.9. The normalized spacial score (nSPS) is 12.3. The molecule has 1 unspecified atom stereocenters. The molecule has 2 aromatic carbocycles. The van der Waals surface area contributed by atoms with Gasteiger partial charge in [0.25, 0.3) is 0 Å². The van der Waals surface area contributed by atoms with Crippen LogP contribution in [-0.2, 0) is 0 Å². The minimum absolute atomic E-state index is 0.00554. The van der Waals surface area contributed by atoms with Crippen LogP contribution in [0.4, 0.5) is 8.78 Å². The van der Waals surface area contributed by atoms with E-state index in [4.69, 9.17) is 16.3 Å². The molecule has 106 valence electrons. The molecule has 0 fully saturated rings. The van der Waals surface area contributed by atoms with Crippen LogP contribution >= 0.6 is 27.5 Å². The highest BCUT2D eigenvalue weighted by Gasteiger charge is 2.21. The van der Waals surface area contributed by atoms with Crippen molar-refractivity contribution in [1.29, 1.82) is 0 Å². The molecule has 2 nitrogen and oxygen atoms in total. The van der Waals surface area contributed by atoms with E-state index in [1.165, 1.54) is 25.3 Å². The van der Waals surface area contributed by atoms with Crippen molar-refractivity contribution in [3.63, 3.8) is 0 Å². The summed E-state index contributed by atoms with van der Waals surface area (Å²) in [5.41, 5.74) is 0.129. The molecular weight excluding hydrogens is 354 g/mol. The van der Waals surface area contributed by atoms with Gasteiger partial charge in [0.1, 0.15) is 23.5 Å². The molecule has 0 amide bonds. The molecule has 1 N–H and O–H groups in total. The highest BCUT2D eigenvalue weighted by Crippen LogP contribution is 2.34. The van der Waals surface area contributed by atoms with Crippen molar-refractivity contribution in [2.75, 3.05) is 7.11 Å². The van der Waals surface area contributed by atoms with Gasteiger partial charge in [-0.05, 0) is 40.2 Å². The summed E-state index contributed by atoms with van der Waals surface area (Å²) >= 11 is 8.71. The zero-order chi connectivity index (χ0) is 14.9. The second kappa shape index (κ2) is 6.08. The monoisotopic (exact) mass is 362 g/mol. The summed E-state index contributed by atoms with van der Waals surface area (Å²) < 4.78 is 32.4. The Balaban J connectivity index is 2.51. The Morgan fingerprint density at radius 2 is 1.85 bits per heavy atom. The Morgan fingerprint density at radius 3 is 2.50 bits per heavy atom. The summed E-state index contributed by atoms with van der Waals surface area (Å²) in [5.74, 6) is -1.08. The van der Waals surface area contributed by atoms with Gasteiger partial charge in [-0.25, -0.2) is 8.78 Å². The van der Waals surface area contributed by atoms with Gasteiger partial charge in [0.2, 0.25) is 0 Å². The molecule has 0 saturated carbocycles. The Morgan fingerprint density at radius 1 is 1.15 bits per heavy atom. The lowest BCUT2D eigenvalue weighted by Crippen LogP contribution is -2.05. The lowest BCUT2D eigenvalue weighted by molar-refractivity contribution is 0.209. The van der Waals surface area contributed by atoms with E-state index in [0.717, 1.165) is 12.1 Å². The average molecular weight is 364 g/mol. The molecule has 0 radical (unpaired) electrons. The number of benzene rings is 2. The molecule has 0 aliphatic carbocycles. The number of ether oxygens (including phenoxy) is 1. The van der Waals surface area contributed by atoms with Crippen LogP contribution in [0.15, 0.2) is 34.8 Å². The second-order valence-electron chi connectivity index (χ2n) is 4.08. The Kier molecular flexibility index (Phi) is 4.62. The number of hydrogen-bond acceptors (Lipinski definition) is 2. The van der Waals surface area contributed by atoms with Gasteiger partial charge < -0.3 is 9.84 Å². The predicted molar refractivity (Wildman–Crippen MR) is 76.1 cm³/mol. The predicted octanol–water partition coefficient (Wildman–Crippen LogP) is 4.47. The average Bonchev–Trinajstić information content (AvgIpc) is 2.42. The number of methoxy groups -OCH3 is 1. The minimum Gasteiger partial charge on any atom is -0.496 e. The van der Waals surface area contributed by atoms with E-state index in [-0.39, 0.29) is 10.0 Å². The van der Waals surface area contributed by atoms with Crippen molar-refractivity contribution in [3.05, 3.63) is 62.6 Å². The van der Waals surface area contributed by atoms with Gasteiger partial charge in [-0.15, -0.1) is 0 Å². The van der Waals surface area contributed by atoms with Crippen molar-refractivity contribution < 1.29 is 18.6 Å². The van der Waals surface area contributed by atoms with Gasteiger partial charge >= 0.3 is 0 Å². The molecule has 2 aromatic rings. The van der Waals surface area contributed by atoms with Crippen LogP contribution in [0.25, 0.3) is 0 Å². The molecule has 0 aliphatic heterocycles. The van der Waals surface area contributed by atoms with Gasteiger partial charge in [-0.1, -0.05) is 17.7 Å². The minimum atomic E-state index is -1.36. The molecule has 0 aromatic heterocycles. The number of rotatable bonds is 3. The van der Waals surface area contributed by atoms with E-state index in [0.29, 0.717) is 16.3 Å². The number of halogens is 4. The summed E-state index contributed by atoms with van der Waals surface area (Å²) in [6.45, 7) is 0. The van der Waals surface area contributed by atoms with E-state index in [1.807, 2.05) is 0 Å². The molecule has 20 heavy (non-hydrogen) atoms. The first-order valence-corrected chi connectivity index (χ1v) is 6.77. The summed E-state index contributed by atoms with van der Waals surface area (Å²) in [4.78, 5) is 0. The van der Waals surface area contributed by atoms with E-state index in [1.54, 1.807) is 0 Å². The Hall–Kier alpha value is -1.17. The topological polar surface area (TPSA) is 29.5 Å². The zero-order valence-electron chi connectivity index (χ0n) is 10.3. The lowest BCUT2D eigenvalue weighted by Gasteiger charge is -2.16. The largest absolute Gasteiger partial charge is 0.496 e. The van der Waals surface area contributed by atoms with E-state index < -0.39 is 17.7 Å². The highest BCUT2D eigenvalue weighted by atomic mass is 79.9. The van der Waals surface area contributed by atoms with Crippen LogP contribution in [0, 0.1) is 11.6 Å². The van der Waals surface area contributed by atoms with Gasteiger partial charge in [0.15, 0.2) is 0 Å². The third-order valence-electron chi connectivity index (χ3n) is 2.82. The smallest absolute Gasteiger partial charge is 0.137 e. The summed E-state index contributed by atoms with van der Waals surface area (Å²) in [6, 6.07) is 6.45. The first-order chi connectivity index (χ1) is 9.43. The first kappa shape index (κ1) is 15.2. The van der Waals surface area contributed by atoms with Crippen LogP contribution < -0.4 is 4.74 Å². The second-order valence-corrected chi connectivity index (χ2v) is 5.37. The molecular formula is C14H10BrClF2O2. The third kappa shape index (κ3) is 2.95. The van der Waals surface area contributed by atoms with E-state index in [9.17, 15) is 13.9 Å². The number of hydrogen-bond donors (Lipinski definition) is 1. The SMILES string of the molecule is COc1cc(Cl)ccc1C(O)c1cc(F)c(Br)cc1F. The summed E-state index contributed by atoms with van der Waals surface area (Å²) in [5, 5.41) is 10.7. The summed E-state index contributed by atoms with van der Waals surface area (Å²) in [6.07, 6.45) is -1.36. The van der Waals surface area contributed by atoms with Crippen LogP contribution in [0.3, 0.4) is 0 Å². The van der Waals surface area contributed by atoms with Crippen molar-refractivity contribution >= 4 is 27.5 Å². The van der Waals surface area contributed by atoms with Crippen LogP contribution in [-0.4, -0.2) is 12.2 Å². The Labute approximate surface area is 128 Å². The Bertz CT molecular complexity index is 649. The molecule has 1 atom stereocenters. The van der Waals surface area contributed by atoms with Gasteiger partial charge in [-0.3, -0.25) is 0 Å². The first-order valence-electron chi connectivity index (χ1n) is 5.60. The molecule has 6 heteroatoms. The molecule has 2 rings (SSSR count). The fraction of sp³-hybridized carbons (Fsp3) is 0.143. The fourth-order valence-electron chi connectivity index (χ4n) is 1.83. The fourth-order valence-corrected chi connectivity index (χ4v) is 2.30. The van der Waals surface area contributed by atoms with Crippen molar-refractivity contribution in [3.8, 4) is 5.75 Å². The number of aliphatic hydroxyl groups is 1. The molecule has 0 spiro atoms. The highest BCUT2D eigenvalue weighted by molar-refractivity contribution is 9.10. The number of aliphatic hydroxyl groups excluding tert-OH is 1. The lowest BCUT2D eigenvalue weighted by atomic mass is 10.00. The third-order valence-corrected chi connectivity index (χ3v) is 3.67. The van der Waals surface area contributed by atoms with Crippen LogP contribution in [0.2, 0.25) is 5.02 Å². The molecule has 0 bridgehead atoms. The van der Waals surface area contributed by atoms with E-state index in [2.05, 4.69) is 15.9 Å². The van der Waals surface area contributed by atoms with Gasteiger partial charge in [-0.2, -0.15) is 0 Å². The maximum Gasteiger partial charge on any atom is 0.137 e. The quantitative estimate of drug-likeness (QED) is 0.815. The zero-order valence-corrected chi connectivity index (χ0v) is 12.7. The van der Waals surface area contributed by atoms with E-state index >= 15 is 0 Å². The van der Waals surface area contributed by atoms with Crippen LogP contribution in [0.1, 0.15) is 17.2 Å².